The van der Waals surface area contributed by atoms with Crippen molar-refractivity contribution in [3.8, 4) is 5.75 Å². The highest BCUT2D eigenvalue weighted by Gasteiger charge is 2.41. The average molecular weight is 377 g/mol. The topological polar surface area (TPSA) is 64.1 Å². The molecule has 0 aromatic carbocycles. The summed E-state index contributed by atoms with van der Waals surface area (Å²) < 4.78 is 16.4. The minimum atomic E-state index is -0.483. The van der Waals surface area contributed by atoms with Gasteiger partial charge in [-0.05, 0) is 47.1 Å². The van der Waals surface area contributed by atoms with Crippen LogP contribution in [0.1, 0.15) is 39.0 Å². The number of aromatic nitrogens is 1. The maximum atomic E-state index is 12.5. The van der Waals surface area contributed by atoms with Gasteiger partial charge in [-0.25, -0.2) is 9.78 Å². The Balaban J connectivity index is 1.75. The quantitative estimate of drug-likeness (QED) is 0.752. The number of carbonyl (C=O) groups is 1. The second kappa shape index (κ2) is 7.54. The van der Waals surface area contributed by atoms with E-state index in [1.54, 1.807) is 7.11 Å². The van der Waals surface area contributed by atoms with Gasteiger partial charge in [0.15, 0.2) is 0 Å². The first kappa shape index (κ1) is 19.7. The molecule has 3 rings (SSSR count). The lowest BCUT2D eigenvalue weighted by Crippen LogP contribution is -2.58. The molecule has 2 atom stereocenters. The van der Waals surface area contributed by atoms with Crippen molar-refractivity contribution in [1.82, 2.24) is 9.88 Å². The van der Waals surface area contributed by atoms with Crippen LogP contribution >= 0.6 is 0 Å². The minimum absolute atomic E-state index is 0.185. The van der Waals surface area contributed by atoms with Crippen LogP contribution in [-0.4, -0.2) is 67.1 Å². The molecule has 1 fully saturated rings. The highest BCUT2D eigenvalue weighted by atomic mass is 16.6. The second-order valence-corrected chi connectivity index (χ2v) is 8.40. The molecule has 1 amide bonds. The van der Waals surface area contributed by atoms with E-state index in [9.17, 15) is 4.79 Å². The van der Waals surface area contributed by atoms with E-state index in [1.165, 1.54) is 5.56 Å². The normalized spacial score (nSPS) is 21.7. The number of ether oxygens (including phenoxy) is 3. The molecule has 1 saturated heterocycles. The van der Waals surface area contributed by atoms with E-state index in [4.69, 9.17) is 19.2 Å². The molecule has 150 valence electrons. The monoisotopic (exact) mass is 377 g/mol. The average Bonchev–Trinajstić information content (AvgIpc) is 2.91. The summed E-state index contributed by atoms with van der Waals surface area (Å²) in [4.78, 5) is 21.5. The summed E-state index contributed by atoms with van der Waals surface area (Å²) in [5, 5.41) is 0. The van der Waals surface area contributed by atoms with E-state index < -0.39 is 5.60 Å². The fourth-order valence-electron chi connectivity index (χ4n) is 3.83. The number of carbonyl (C=O) groups excluding carboxylic acids is 1. The maximum absolute atomic E-state index is 12.5. The number of rotatable bonds is 4. The highest BCUT2D eigenvalue weighted by Crippen LogP contribution is 2.38. The van der Waals surface area contributed by atoms with Gasteiger partial charge in [-0.1, -0.05) is 0 Å². The number of hydrogen-bond acceptors (Lipinski definition) is 6. The number of amides is 1. The van der Waals surface area contributed by atoms with Crippen molar-refractivity contribution < 1.29 is 19.0 Å². The molecule has 1 aromatic rings. The molecular weight excluding hydrogens is 346 g/mol. The van der Waals surface area contributed by atoms with Gasteiger partial charge in [0.1, 0.15) is 23.8 Å². The Bertz CT molecular complexity index is 701. The van der Waals surface area contributed by atoms with Gasteiger partial charge in [-0.2, -0.15) is 0 Å². The third-order valence-corrected chi connectivity index (χ3v) is 4.90. The van der Waals surface area contributed by atoms with Crippen LogP contribution in [0.4, 0.5) is 10.6 Å². The first-order chi connectivity index (χ1) is 12.7. The molecule has 27 heavy (non-hydrogen) atoms. The summed E-state index contributed by atoms with van der Waals surface area (Å²) in [6.07, 6.45) is 0.616. The molecule has 0 spiro atoms. The Morgan fingerprint density at radius 3 is 2.70 bits per heavy atom. The highest BCUT2D eigenvalue weighted by molar-refractivity contribution is 5.70. The Hall–Kier alpha value is -2.02. The Morgan fingerprint density at radius 2 is 2.04 bits per heavy atom. The number of fused-ring (bicyclic) bond motifs is 3. The van der Waals surface area contributed by atoms with Gasteiger partial charge in [0.2, 0.25) is 0 Å². The molecule has 0 unspecified atom stereocenters. The van der Waals surface area contributed by atoms with Crippen molar-refractivity contribution >= 4 is 11.9 Å². The van der Waals surface area contributed by atoms with Crippen molar-refractivity contribution in [3.05, 3.63) is 17.3 Å². The zero-order chi connectivity index (χ0) is 19.8. The summed E-state index contributed by atoms with van der Waals surface area (Å²) in [6.45, 7) is 12.1. The number of methoxy groups -OCH3 is 1. The lowest BCUT2D eigenvalue weighted by molar-refractivity contribution is 0.0191. The van der Waals surface area contributed by atoms with Gasteiger partial charge < -0.3 is 24.0 Å². The van der Waals surface area contributed by atoms with Crippen molar-refractivity contribution in [2.75, 3.05) is 38.3 Å². The van der Waals surface area contributed by atoms with Gasteiger partial charge in [0, 0.05) is 31.8 Å². The Kier molecular flexibility index (Phi) is 5.51. The summed E-state index contributed by atoms with van der Waals surface area (Å²) >= 11 is 0. The molecular formula is C20H31N3O4. The molecule has 0 saturated carbocycles. The summed E-state index contributed by atoms with van der Waals surface area (Å²) in [7, 11) is 1.66. The lowest BCUT2D eigenvalue weighted by atomic mass is 10.1. The second-order valence-electron chi connectivity index (χ2n) is 8.40. The van der Waals surface area contributed by atoms with Crippen molar-refractivity contribution in [1.29, 1.82) is 0 Å². The zero-order valence-electron chi connectivity index (χ0n) is 17.2. The maximum Gasteiger partial charge on any atom is 0.410 e. The van der Waals surface area contributed by atoms with Gasteiger partial charge in [0.05, 0.1) is 18.3 Å². The van der Waals surface area contributed by atoms with E-state index in [0.717, 1.165) is 23.7 Å². The van der Waals surface area contributed by atoms with E-state index in [2.05, 4.69) is 17.9 Å². The molecule has 7 nitrogen and oxygen atoms in total. The molecule has 0 N–H and O–H groups in total. The van der Waals surface area contributed by atoms with Crippen molar-refractivity contribution in [2.45, 2.75) is 58.7 Å². The summed E-state index contributed by atoms with van der Waals surface area (Å²) in [5.74, 6) is 1.83. The molecule has 1 aromatic heterocycles. The molecule has 0 bridgehead atoms. The van der Waals surface area contributed by atoms with Crippen molar-refractivity contribution in [2.24, 2.45) is 0 Å². The predicted octanol–water partition coefficient (Wildman–Crippen LogP) is 2.79. The number of aryl methyl sites for hydroxylation is 1. The molecule has 2 aliphatic rings. The van der Waals surface area contributed by atoms with Crippen LogP contribution in [0, 0.1) is 6.92 Å². The smallest absolute Gasteiger partial charge is 0.410 e. The largest absolute Gasteiger partial charge is 0.489 e. The third kappa shape index (κ3) is 4.29. The number of pyridine rings is 1. The van der Waals surface area contributed by atoms with Crippen LogP contribution in [0.25, 0.3) is 0 Å². The Labute approximate surface area is 161 Å². The number of nitrogens with zero attached hydrogens (tertiary/aromatic N) is 3. The van der Waals surface area contributed by atoms with Gasteiger partial charge in [-0.3, -0.25) is 0 Å². The molecule has 7 heteroatoms. The molecule has 0 aliphatic carbocycles. The molecule has 2 aliphatic heterocycles. The number of hydrogen-bond donors (Lipinski definition) is 0. The van der Waals surface area contributed by atoms with Gasteiger partial charge >= 0.3 is 6.09 Å². The van der Waals surface area contributed by atoms with Crippen LogP contribution < -0.4 is 9.64 Å². The van der Waals surface area contributed by atoms with Crippen LogP contribution in [0.5, 0.6) is 5.75 Å². The zero-order valence-corrected chi connectivity index (χ0v) is 17.2. The minimum Gasteiger partial charge on any atom is -0.489 e. The van der Waals surface area contributed by atoms with Gasteiger partial charge in [-0.15, -0.1) is 0 Å². The predicted molar refractivity (Wildman–Crippen MR) is 104 cm³/mol. The van der Waals surface area contributed by atoms with E-state index >= 15 is 0 Å². The van der Waals surface area contributed by atoms with E-state index in [0.29, 0.717) is 26.3 Å². The van der Waals surface area contributed by atoms with E-state index in [1.807, 2.05) is 32.6 Å². The standard InChI is InChI=1S/C20H31N3O4/c1-13-11-22(19(24)27-20(3,4)5)12-16-9-15-10-17(26-8-7-25-6)14(2)21-18(15)23(13)16/h10,13,16H,7-9,11-12H2,1-6H3/t13-,16-/m1/s1. The summed E-state index contributed by atoms with van der Waals surface area (Å²) in [6, 6.07) is 2.50. The molecule has 0 radical (unpaired) electrons. The van der Waals surface area contributed by atoms with Crippen LogP contribution in [-0.2, 0) is 15.9 Å². The van der Waals surface area contributed by atoms with Crippen LogP contribution in [0.15, 0.2) is 6.07 Å². The lowest BCUT2D eigenvalue weighted by Gasteiger charge is -2.43. The first-order valence-electron chi connectivity index (χ1n) is 9.58. The first-order valence-corrected chi connectivity index (χ1v) is 9.58. The molecule has 3 heterocycles. The fourth-order valence-corrected chi connectivity index (χ4v) is 3.83. The summed E-state index contributed by atoms with van der Waals surface area (Å²) in [5.41, 5.74) is 1.58. The van der Waals surface area contributed by atoms with Crippen LogP contribution in [0.3, 0.4) is 0 Å². The SMILES string of the molecule is COCCOc1cc2c(nc1C)N1[C@H](C2)CN(C(=O)OC(C)(C)C)C[C@H]1C. The van der Waals surface area contributed by atoms with Crippen molar-refractivity contribution in [3.63, 3.8) is 0 Å². The fraction of sp³-hybridized carbons (Fsp3) is 0.700. The number of anilines is 1. The van der Waals surface area contributed by atoms with Crippen LogP contribution in [0.2, 0.25) is 0 Å². The van der Waals surface area contributed by atoms with Gasteiger partial charge in [0.25, 0.3) is 0 Å². The Morgan fingerprint density at radius 1 is 1.30 bits per heavy atom. The number of piperazine rings is 1. The van der Waals surface area contributed by atoms with E-state index in [-0.39, 0.29) is 18.2 Å². The third-order valence-electron chi connectivity index (χ3n) is 4.90.